The van der Waals surface area contributed by atoms with Crippen molar-refractivity contribution in [3.63, 3.8) is 0 Å². The highest BCUT2D eigenvalue weighted by molar-refractivity contribution is 4.89. The highest BCUT2D eigenvalue weighted by Crippen LogP contribution is 2.33. The zero-order valence-electron chi connectivity index (χ0n) is 9.75. The van der Waals surface area contributed by atoms with E-state index >= 15 is 0 Å². The lowest BCUT2D eigenvalue weighted by Crippen LogP contribution is -2.48. The van der Waals surface area contributed by atoms with Crippen LogP contribution < -0.4 is 0 Å². The highest BCUT2D eigenvalue weighted by Gasteiger charge is 2.40. The molecule has 1 aliphatic rings. The molecule has 0 spiro atoms. The van der Waals surface area contributed by atoms with Crippen molar-refractivity contribution in [3.05, 3.63) is 10.4 Å². The summed E-state index contributed by atoms with van der Waals surface area (Å²) in [6, 6.07) is -0.0429. The normalized spacial score (nSPS) is 40.9. The summed E-state index contributed by atoms with van der Waals surface area (Å²) < 4.78 is 11.0. The van der Waals surface area contributed by atoms with Crippen LogP contribution in [0, 0.1) is 11.8 Å². The van der Waals surface area contributed by atoms with Crippen molar-refractivity contribution in [2.75, 3.05) is 7.11 Å². The lowest BCUT2D eigenvalue weighted by molar-refractivity contribution is -0.226. The molecular weight excluding hydrogens is 194 g/mol. The SMILES string of the molecule is CCC1O[C@@H](OC)C(C)[C@@H](N=[N+]=[N-])[C@@H]1C. The zero-order valence-corrected chi connectivity index (χ0v) is 9.75. The minimum atomic E-state index is -0.262. The second-order valence-electron chi connectivity index (χ2n) is 4.10. The molecule has 15 heavy (non-hydrogen) atoms. The Labute approximate surface area is 90.4 Å². The largest absolute Gasteiger partial charge is 0.356 e. The lowest BCUT2D eigenvalue weighted by atomic mass is 9.83. The Bertz CT molecular complexity index is 237. The summed E-state index contributed by atoms with van der Waals surface area (Å²) >= 11 is 0. The maximum absolute atomic E-state index is 8.55. The molecule has 0 aromatic heterocycles. The Hall–Kier alpha value is -0.770. The van der Waals surface area contributed by atoms with Crippen LogP contribution in [-0.2, 0) is 9.47 Å². The lowest BCUT2D eigenvalue weighted by Gasteiger charge is -2.42. The predicted octanol–water partition coefficient (Wildman–Crippen LogP) is 2.72. The van der Waals surface area contributed by atoms with Crippen LogP contribution in [0.5, 0.6) is 0 Å². The summed E-state index contributed by atoms with van der Waals surface area (Å²) in [6.07, 6.45) is 0.758. The Kier molecular flexibility index (Phi) is 4.39. The number of nitrogens with zero attached hydrogens (tertiary/aromatic N) is 3. The number of hydrogen-bond acceptors (Lipinski definition) is 3. The molecule has 1 rings (SSSR count). The molecule has 0 radical (unpaired) electrons. The Morgan fingerprint density at radius 3 is 2.53 bits per heavy atom. The van der Waals surface area contributed by atoms with Gasteiger partial charge in [0.15, 0.2) is 6.29 Å². The summed E-state index contributed by atoms with van der Waals surface area (Å²) in [5.74, 6) is 0.344. The molecule has 1 saturated heterocycles. The molecule has 5 heteroatoms. The van der Waals surface area contributed by atoms with Crippen LogP contribution in [0.3, 0.4) is 0 Å². The first-order chi connectivity index (χ1) is 7.15. The van der Waals surface area contributed by atoms with Gasteiger partial charge < -0.3 is 9.47 Å². The van der Waals surface area contributed by atoms with Gasteiger partial charge in [0.2, 0.25) is 0 Å². The Morgan fingerprint density at radius 2 is 2.07 bits per heavy atom. The summed E-state index contributed by atoms with van der Waals surface area (Å²) in [4.78, 5) is 2.91. The van der Waals surface area contributed by atoms with Gasteiger partial charge in [-0.2, -0.15) is 0 Å². The van der Waals surface area contributed by atoms with E-state index in [0.717, 1.165) is 6.42 Å². The fourth-order valence-corrected chi connectivity index (χ4v) is 2.29. The predicted molar refractivity (Wildman–Crippen MR) is 57.2 cm³/mol. The maximum Gasteiger partial charge on any atom is 0.160 e. The summed E-state index contributed by atoms with van der Waals surface area (Å²) in [6.45, 7) is 6.13. The van der Waals surface area contributed by atoms with E-state index in [1.807, 2.05) is 6.92 Å². The van der Waals surface area contributed by atoms with Crippen molar-refractivity contribution in [1.82, 2.24) is 0 Å². The molecule has 1 aliphatic heterocycles. The number of methoxy groups -OCH3 is 1. The van der Waals surface area contributed by atoms with Crippen molar-refractivity contribution < 1.29 is 9.47 Å². The molecule has 5 nitrogen and oxygen atoms in total. The van der Waals surface area contributed by atoms with Crippen LogP contribution in [0.15, 0.2) is 5.11 Å². The van der Waals surface area contributed by atoms with Crippen LogP contribution in [0.4, 0.5) is 0 Å². The van der Waals surface area contributed by atoms with E-state index in [4.69, 9.17) is 15.0 Å². The molecule has 0 N–H and O–H groups in total. The van der Waals surface area contributed by atoms with Gasteiger partial charge in [-0.1, -0.05) is 25.9 Å². The number of ether oxygens (including phenoxy) is 2. The van der Waals surface area contributed by atoms with Gasteiger partial charge in [-0.05, 0) is 17.9 Å². The fourth-order valence-electron chi connectivity index (χ4n) is 2.29. The van der Waals surface area contributed by atoms with Crippen LogP contribution in [0.2, 0.25) is 0 Å². The van der Waals surface area contributed by atoms with E-state index in [0.29, 0.717) is 0 Å². The van der Waals surface area contributed by atoms with E-state index < -0.39 is 0 Å². The van der Waals surface area contributed by atoms with Gasteiger partial charge in [0.25, 0.3) is 0 Å². The van der Waals surface area contributed by atoms with Gasteiger partial charge >= 0.3 is 0 Å². The smallest absolute Gasteiger partial charge is 0.160 e. The molecule has 86 valence electrons. The zero-order chi connectivity index (χ0) is 11.4. The summed E-state index contributed by atoms with van der Waals surface area (Å²) in [7, 11) is 1.62. The maximum atomic E-state index is 8.55. The number of azide groups is 1. The van der Waals surface area contributed by atoms with Crippen LogP contribution >= 0.6 is 0 Å². The topological polar surface area (TPSA) is 67.2 Å². The molecule has 0 aromatic rings. The van der Waals surface area contributed by atoms with Gasteiger partial charge in [0, 0.05) is 24.0 Å². The van der Waals surface area contributed by atoms with E-state index in [9.17, 15) is 0 Å². The first-order valence-corrected chi connectivity index (χ1v) is 5.38. The van der Waals surface area contributed by atoms with Gasteiger partial charge in [0.05, 0.1) is 6.10 Å². The van der Waals surface area contributed by atoms with Gasteiger partial charge in [-0.15, -0.1) is 0 Å². The molecule has 0 amide bonds. The van der Waals surface area contributed by atoms with Crippen LogP contribution in [0.1, 0.15) is 27.2 Å². The number of rotatable bonds is 3. The molecule has 5 atom stereocenters. The van der Waals surface area contributed by atoms with Crippen LogP contribution in [0.25, 0.3) is 10.4 Å². The van der Waals surface area contributed by atoms with E-state index in [1.54, 1.807) is 7.11 Å². The molecule has 0 bridgehead atoms. The molecule has 1 fully saturated rings. The Morgan fingerprint density at radius 1 is 1.40 bits per heavy atom. The van der Waals surface area contributed by atoms with E-state index in [-0.39, 0.29) is 30.3 Å². The molecule has 0 saturated carbocycles. The van der Waals surface area contributed by atoms with Crippen molar-refractivity contribution in [1.29, 1.82) is 0 Å². The number of hydrogen-bond donors (Lipinski definition) is 0. The third-order valence-corrected chi connectivity index (χ3v) is 3.22. The first kappa shape index (κ1) is 12.3. The second-order valence-corrected chi connectivity index (χ2v) is 4.10. The molecular formula is C10H19N3O2. The van der Waals surface area contributed by atoms with Crippen molar-refractivity contribution >= 4 is 0 Å². The Balaban J connectivity index is 2.85. The third kappa shape index (κ3) is 2.43. The van der Waals surface area contributed by atoms with Gasteiger partial charge in [-0.25, -0.2) is 0 Å². The monoisotopic (exact) mass is 213 g/mol. The van der Waals surface area contributed by atoms with Crippen molar-refractivity contribution in [2.24, 2.45) is 17.0 Å². The molecule has 0 aromatic carbocycles. The standard InChI is InChI=1S/C10H19N3O2/c1-5-8-6(2)9(12-13-11)7(3)10(14-4)15-8/h6-10H,5H2,1-4H3/t6-,7?,8?,9+,10-/m1/s1. The van der Waals surface area contributed by atoms with E-state index in [2.05, 4.69) is 23.9 Å². The molecule has 0 aliphatic carbocycles. The second kappa shape index (κ2) is 5.35. The first-order valence-electron chi connectivity index (χ1n) is 5.38. The quantitative estimate of drug-likeness (QED) is 0.411. The highest BCUT2D eigenvalue weighted by atomic mass is 16.7. The minimum Gasteiger partial charge on any atom is -0.356 e. The summed E-state index contributed by atoms with van der Waals surface area (Å²) in [5.41, 5.74) is 8.55. The van der Waals surface area contributed by atoms with Crippen molar-refractivity contribution in [3.8, 4) is 0 Å². The van der Waals surface area contributed by atoms with Crippen molar-refractivity contribution in [2.45, 2.75) is 45.6 Å². The molecule has 1 heterocycles. The third-order valence-electron chi connectivity index (χ3n) is 3.22. The minimum absolute atomic E-state index is 0.0429. The van der Waals surface area contributed by atoms with Gasteiger partial charge in [0.1, 0.15) is 0 Å². The van der Waals surface area contributed by atoms with Crippen LogP contribution in [-0.4, -0.2) is 25.5 Å². The summed E-state index contributed by atoms with van der Waals surface area (Å²) in [5, 5.41) is 3.86. The molecule has 2 unspecified atom stereocenters. The van der Waals surface area contributed by atoms with Gasteiger partial charge in [-0.3, -0.25) is 0 Å². The average Bonchev–Trinajstić information content (AvgIpc) is 2.25. The fraction of sp³-hybridized carbons (Fsp3) is 1.00. The van der Waals surface area contributed by atoms with E-state index in [1.165, 1.54) is 0 Å². The average molecular weight is 213 g/mol.